The minimum absolute atomic E-state index is 0.371. The van der Waals surface area contributed by atoms with Gasteiger partial charge in [-0.15, -0.1) is 0 Å². The van der Waals surface area contributed by atoms with E-state index in [4.69, 9.17) is 23.2 Å². The highest BCUT2D eigenvalue weighted by Crippen LogP contribution is 2.33. The first-order chi connectivity index (χ1) is 9.70. The van der Waals surface area contributed by atoms with Crippen molar-refractivity contribution in [2.45, 2.75) is 50.3 Å². The van der Waals surface area contributed by atoms with Crippen LogP contribution in [0.25, 0.3) is 0 Å². The van der Waals surface area contributed by atoms with Crippen LogP contribution in [0.5, 0.6) is 0 Å². The Bertz CT molecular complexity index is 419. The lowest BCUT2D eigenvalue weighted by Gasteiger charge is -2.21. The Morgan fingerprint density at radius 2 is 2.00 bits per heavy atom. The van der Waals surface area contributed by atoms with Crippen molar-refractivity contribution >= 4 is 35.0 Å². The highest BCUT2D eigenvalue weighted by atomic mass is 35.5. The van der Waals surface area contributed by atoms with Gasteiger partial charge in [0.25, 0.3) is 0 Å². The minimum Gasteiger partial charge on any atom is -0.309 e. The van der Waals surface area contributed by atoms with Crippen molar-refractivity contribution in [2.24, 2.45) is 0 Å². The molecule has 0 aromatic heterocycles. The van der Waals surface area contributed by atoms with E-state index in [0.29, 0.717) is 16.1 Å². The van der Waals surface area contributed by atoms with Crippen molar-refractivity contribution in [3.8, 4) is 0 Å². The van der Waals surface area contributed by atoms with Gasteiger partial charge in [0, 0.05) is 17.0 Å². The highest BCUT2D eigenvalue weighted by molar-refractivity contribution is 7.99. The Labute approximate surface area is 136 Å². The molecule has 0 bridgehead atoms. The molecule has 1 aliphatic rings. The van der Waals surface area contributed by atoms with Crippen LogP contribution in [-0.2, 0) is 0 Å². The summed E-state index contributed by atoms with van der Waals surface area (Å²) >= 11 is 14.3. The SMILES string of the molecule is CCCNC(CSC1CCCC1)c1ccc(Cl)c(Cl)c1. The zero-order valence-electron chi connectivity index (χ0n) is 12.0. The third-order valence-electron chi connectivity index (χ3n) is 3.79. The van der Waals surface area contributed by atoms with Crippen LogP contribution in [0.3, 0.4) is 0 Å². The minimum atomic E-state index is 0.371. The number of hydrogen-bond donors (Lipinski definition) is 1. The van der Waals surface area contributed by atoms with Crippen molar-refractivity contribution in [1.82, 2.24) is 5.32 Å². The predicted octanol–water partition coefficient (Wildman–Crippen LogP) is 5.71. The summed E-state index contributed by atoms with van der Waals surface area (Å²) in [5, 5.41) is 5.77. The lowest BCUT2D eigenvalue weighted by Crippen LogP contribution is -2.24. The Morgan fingerprint density at radius 1 is 1.25 bits per heavy atom. The van der Waals surface area contributed by atoms with Gasteiger partial charge in [-0.1, -0.05) is 49.0 Å². The van der Waals surface area contributed by atoms with Gasteiger partial charge in [0.1, 0.15) is 0 Å². The summed E-state index contributed by atoms with van der Waals surface area (Å²) in [6, 6.07) is 6.37. The van der Waals surface area contributed by atoms with Gasteiger partial charge in [0.2, 0.25) is 0 Å². The fourth-order valence-electron chi connectivity index (χ4n) is 2.61. The van der Waals surface area contributed by atoms with Crippen LogP contribution in [0.2, 0.25) is 10.0 Å². The molecule has 0 amide bonds. The molecule has 0 aliphatic heterocycles. The summed E-state index contributed by atoms with van der Waals surface area (Å²) in [7, 11) is 0. The molecule has 4 heteroatoms. The molecule has 1 aromatic carbocycles. The third-order valence-corrected chi connectivity index (χ3v) is 6.00. The van der Waals surface area contributed by atoms with Crippen molar-refractivity contribution in [1.29, 1.82) is 0 Å². The zero-order valence-corrected chi connectivity index (χ0v) is 14.3. The average molecular weight is 332 g/mol. The van der Waals surface area contributed by atoms with Crippen molar-refractivity contribution in [2.75, 3.05) is 12.3 Å². The molecular formula is C16H23Cl2NS. The lowest BCUT2D eigenvalue weighted by molar-refractivity contribution is 0.576. The molecule has 1 N–H and O–H groups in total. The number of halogens is 2. The number of benzene rings is 1. The Balaban J connectivity index is 1.99. The summed E-state index contributed by atoms with van der Waals surface area (Å²) in [5.74, 6) is 1.11. The lowest BCUT2D eigenvalue weighted by atomic mass is 10.1. The van der Waals surface area contributed by atoms with Gasteiger partial charge in [-0.3, -0.25) is 0 Å². The molecule has 1 saturated carbocycles. The maximum atomic E-state index is 6.15. The maximum Gasteiger partial charge on any atom is 0.0595 e. The maximum absolute atomic E-state index is 6.15. The van der Waals surface area contributed by atoms with Crippen molar-refractivity contribution in [3.05, 3.63) is 33.8 Å². The van der Waals surface area contributed by atoms with E-state index < -0.39 is 0 Å². The van der Waals surface area contributed by atoms with Crippen LogP contribution in [0.15, 0.2) is 18.2 Å². The van der Waals surface area contributed by atoms with Gasteiger partial charge in [-0.2, -0.15) is 11.8 Å². The van der Waals surface area contributed by atoms with Crippen molar-refractivity contribution in [3.63, 3.8) is 0 Å². The molecule has 0 saturated heterocycles. The smallest absolute Gasteiger partial charge is 0.0595 e. The topological polar surface area (TPSA) is 12.0 Å². The summed E-state index contributed by atoms with van der Waals surface area (Å²) in [5.41, 5.74) is 1.25. The molecule has 20 heavy (non-hydrogen) atoms. The predicted molar refractivity (Wildman–Crippen MR) is 92.2 cm³/mol. The Morgan fingerprint density at radius 3 is 2.65 bits per heavy atom. The van der Waals surface area contributed by atoms with E-state index >= 15 is 0 Å². The standard InChI is InChI=1S/C16H23Cl2NS/c1-2-9-19-16(11-20-13-5-3-4-6-13)12-7-8-14(17)15(18)10-12/h7-8,10,13,16,19H,2-6,9,11H2,1H3. The van der Waals surface area contributed by atoms with Gasteiger partial charge >= 0.3 is 0 Å². The normalized spacial score (nSPS) is 17.6. The molecule has 0 radical (unpaired) electrons. The van der Waals surface area contributed by atoms with E-state index in [2.05, 4.69) is 30.1 Å². The van der Waals surface area contributed by atoms with Gasteiger partial charge in [-0.25, -0.2) is 0 Å². The Hall–Kier alpha value is 0.110. The molecular weight excluding hydrogens is 309 g/mol. The molecule has 1 nitrogen and oxygen atoms in total. The molecule has 1 aromatic rings. The van der Waals surface area contributed by atoms with Crippen LogP contribution in [0, 0.1) is 0 Å². The van der Waals surface area contributed by atoms with E-state index in [1.54, 1.807) is 0 Å². The van der Waals surface area contributed by atoms with Crippen LogP contribution in [0.4, 0.5) is 0 Å². The zero-order chi connectivity index (χ0) is 14.4. The fourth-order valence-corrected chi connectivity index (χ4v) is 4.36. The second-order valence-corrected chi connectivity index (χ2v) is 7.57. The van der Waals surface area contributed by atoms with E-state index in [-0.39, 0.29) is 0 Å². The molecule has 1 atom stereocenters. The molecule has 0 spiro atoms. The molecule has 0 heterocycles. The molecule has 1 aliphatic carbocycles. The van der Waals surface area contributed by atoms with Crippen molar-refractivity contribution < 1.29 is 0 Å². The van der Waals surface area contributed by atoms with Gasteiger partial charge in [-0.05, 0) is 43.5 Å². The number of thioether (sulfide) groups is 1. The summed E-state index contributed by atoms with van der Waals surface area (Å²) < 4.78 is 0. The molecule has 1 unspecified atom stereocenters. The molecule has 2 rings (SSSR count). The number of nitrogens with one attached hydrogen (secondary N) is 1. The van der Waals surface area contributed by atoms with Crippen LogP contribution in [-0.4, -0.2) is 17.5 Å². The summed E-state index contributed by atoms with van der Waals surface area (Å²) in [6.07, 6.45) is 6.71. The van der Waals surface area contributed by atoms with Gasteiger partial charge < -0.3 is 5.32 Å². The first kappa shape index (κ1) is 16.5. The highest BCUT2D eigenvalue weighted by Gasteiger charge is 2.19. The quantitative estimate of drug-likeness (QED) is 0.686. The fraction of sp³-hybridized carbons (Fsp3) is 0.625. The van der Waals surface area contributed by atoms with Crippen LogP contribution >= 0.6 is 35.0 Å². The largest absolute Gasteiger partial charge is 0.309 e. The number of rotatable bonds is 7. The number of hydrogen-bond acceptors (Lipinski definition) is 2. The third kappa shape index (κ3) is 4.84. The second kappa shape index (κ2) is 8.53. The first-order valence-corrected chi connectivity index (χ1v) is 9.31. The second-order valence-electron chi connectivity index (χ2n) is 5.42. The summed E-state index contributed by atoms with van der Waals surface area (Å²) in [4.78, 5) is 0. The van der Waals surface area contributed by atoms with Crippen LogP contribution in [0.1, 0.15) is 50.6 Å². The van der Waals surface area contributed by atoms with E-state index in [0.717, 1.165) is 24.0 Å². The average Bonchev–Trinajstić information content (AvgIpc) is 2.95. The van der Waals surface area contributed by atoms with E-state index in [1.165, 1.54) is 31.2 Å². The van der Waals surface area contributed by atoms with Crippen LogP contribution < -0.4 is 5.32 Å². The van der Waals surface area contributed by atoms with Gasteiger partial charge in [0.05, 0.1) is 10.0 Å². The summed E-state index contributed by atoms with van der Waals surface area (Å²) in [6.45, 7) is 3.24. The molecule has 112 valence electrons. The molecule has 1 fully saturated rings. The van der Waals surface area contributed by atoms with E-state index in [1.807, 2.05) is 12.1 Å². The van der Waals surface area contributed by atoms with Gasteiger partial charge in [0.15, 0.2) is 0 Å². The Kier molecular flexibility index (Phi) is 7.03. The monoisotopic (exact) mass is 331 g/mol. The van der Waals surface area contributed by atoms with E-state index in [9.17, 15) is 0 Å². The first-order valence-electron chi connectivity index (χ1n) is 7.50.